The predicted octanol–water partition coefficient (Wildman–Crippen LogP) is 1.24. The van der Waals surface area contributed by atoms with Crippen molar-refractivity contribution in [2.45, 2.75) is 25.8 Å². The molecule has 4 rings (SSSR count). The molecule has 2 aromatic rings. The van der Waals surface area contributed by atoms with Crippen LogP contribution in [0, 0.1) is 11.8 Å². The number of carbonyl (C=O) groups is 1. The summed E-state index contributed by atoms with van der Waals surface area (Å²) >= 11 is 0. The molecule has 2 aliphatic rings. The van der Waals surface area contributed by atoms with Crippen molar-refractivity contribution in [1.29, 1.82) is 0 Å². The van der Waals surface area contributed by atoms with Crippen LogP contribution < -0.4 is 4.90 Å². The van der Waals surface area contributed by atoms with Gasteiger partial charge in [0, 0.05) is 13.1 Å². The van der Waals surface area contributed by atoms with Crippen molar-refractivity contribution in [3.8, 4) is 0 Å². The molecule has 0 aromatic carbocycles. The largest absolute Gasteiger partial charge is 0.468 e. The molecule has 1 saturated carbocycles. The normalized spacial score (nSPS) is 24.0. The van der Waals surface area contributed by atoms with Gasteiger partial charge in [-0.05, 0) is 24.7 Å². The number of rotatable bonds is 3. The van der Waals surface area contributed by atoms with E-state index in [9.17, 15) is 4.79 Å². The van der Waals surface area contributed by atoms with Crippen LogP contribution in [0.2, 0.25) is 0 Å². The van der Waals surface area contributed by atoms with Crippen LogP contribution in [0.5, 0.6) is 0 Å². The number of hydrogen-bond donors (Lipinski definition) is 0. The topological polar surface area (TPSA) is 73.1 Å². The van der Waals surface area contributed by atoms with Crippen LogP contribution in [0.3, 0.4) is 0 Å². The molecule has 1 saturated heterocycles. The van der Waals surface area contributed by atoms with Crippen LogP contribution in [0.25, 0.3) is 11.0 Å². The van der Waals surface area contributed by atoms with Gasteiger partial charge in [0.05, 0.1) is 18.7 Å². The van der Waals surface area contributed by atoms with E-state index in [0.29, 0.717) is 5.65 Å². The maximum absolute atomic E-state index is 11.5. The zero-order valence-electron chi connectivity index (χ0n) is 12.6. The van der Waals surface area contributed by atoms with Gasteiger partial charge in [-0.15, -0.1) is 0 Å². The number of nitrogens with zero attached hydrogens (tertiary/aromatic N) is 5. The number of fused-ring (bicyclic) bond motifs is 2. The van der Waals surface area contributed by atoms with Gasteiger partial charge in [-0.25, -0.2) is 14.6 Å². The lowest BCUT2D eigenvalue weighted by Crippen LogP contribution is -2.22. The number of aromatic nitrogens is 4. The Morgan fingerprint density at radius 3 is 2.82 bits per heavy atom. The molecule has 0 N–H and O–H groups in total. The zero-order chi connectivity index (χ0) is 15.1. The van der Waals surface area contributed by atoms with E-state index in [2.05, 4.69) is 20.0 Å². The van der Waals surface area contributed by atoms with Crippen LogP contribution in [0.4, 0.5) is 5.82 Å². The predicted molar refractivity (Wildman–Crippen MR) is 80.4 cm³/mol. The summed E-state index contributed by atoms with van der Waals surface area (Å²) in [5, 5.41) is 5.18. The third-order valence-corrected chi connectivity index (χ3v) is 4.94. The van der Waals surface area contributed by atoms with Crippen molar-refractivity contribution in [3.63, 3.8) is 0 Å². The average Bonchev–Trinajstić information content (AvgIpc) is 3.21. The summed E-state index contributed by atoms with van der Waals surface area (Å²) in [6.07, 6.45) is 7.33. The molecule has 2 unspecified atom stereocenters. The van der Waals surface area contributed by atoms with Crippen LogP contribution in [-0.2, 0) is 16.1 Å². The number of methoxy groups -OCH3 is 1. The highest BCUT2D eigenvalue weighted by Gasteiger charge is 2.37. The quantitative estimate of drug-likeness (QED) is 0.794. The Morgan fingerprint density at radius 2 is 2.09 bits per heavy atom. The lowest BCUT2D eigenvalue weighted by Gasteiger charge is -2.18. The van der Waals surface area contributed by atoms with Gasteiger partial charge in [0.1, 0.15) is 18.7 Å². The Hall–Kier alpha value is -2.18. The number of anilines is 1. The van der Waals surface area contributed by atoms with Gasteiger partial charge >= 0.3 is 5.97 Å². The summed E-state index contributed by atoms with van der Waals surface area (Å²) in [6, 6.07) is 0. The maximum Gasteiger partial charge on any atom is 0.327 e. The smallest absolute Gasteiger partial charge is 0.327 e. The van der Waals surface area contributed by atoms with Crippen LogP contribution >= 0.6 is 0 Å². The SMILES string of the molecule is COC(=O)Cn1ncc2c(N3CC4CCCC4C3)ncnc21. The van der Waals surface area contributed by atoms with Crippen molar-refractivity contribution in [2.24, 2.45) is 11.8 Å². The Kier molecular flexibility index (Phi) is 3.20. The van der Waals surface area contributed by atoms with Gasteiger partial charge in [0.2, 0.25) is 0 Å². The van der Waals surface area contributed by atoms with E-state index in [-0.39, 0.29) is 12.5 Å². The molecule has 7 heteroatoms. The summed E-state index contributed by atoms with van der Waals surface area (Å²) in [5.74, 6) is 2.21. The maximum atomic E-state index is 11.5. The molecule has 0 spiro atoms. The van der Waals surface area contributed by atoms with Gasteiger partial charge in [-0.3, -0.25) is 4.79 Å². The molecule has 3 heterocycles. The van der Waals surface area contributed by atoms with E-state index in [1.165, 1.54) is 26.4 Å². The third kappa shape index (κ3) is 2.12. The molecule has 1 aliphatic heterocycles. The molecule has 116 valence electrons. The Balaban J connectivity index is 1.66. The molecular formula is C15H19N5O2. The van der Waals surface area contributed by atoms with E-state index in [4.69, 9.17) is 4.74 Å². The van der Waals surface area contributed by atoms with Crippen molar-refractivity contribution < 1.29 is 9.53 Å². The van der Waals surface area contributed by atoms with Crippen molar-refractivity contribution in [2.75, 3.05) is 25.1 Å². The molecule has 2 aromatic heterocycles. The second-order valence-electron chi connectivity index (χ2n) is 6.17. The lowest BCUT2D eigenvalue weighted by molar-refractivity contribution is -0.141. The summed E-state index contributed by atoms with van der Waals surface area (Å²) in [4.78, 5) is 22.6. The van der Waals surface area contributed by atoms with E-state index >= 15 is 0 Å². The molecule has 7 nitrogen and oxygen atoms in total. The summed E-state index contributed by atoms with van der Waals surface area (Å²) in [6.45, 7) is 2.21. The molecule has 1 aliphatic carbocycles. The third-order valence-electron chi connectivity index (χ3n) is 4.94. The summed E-state index contributed by atoms with van der Waals surface area (Å²) in [5.41, 5.74) is 0.687. The standard InChI is InChI=1S/C15H19N5O2/c1-22-13(21)8-20-15-12(5-18-20)14(16-9-17-15)19-6-10-3-2-4-11(10)7-19/h5,9-11H,2-4,6-8H2,1H3. The van der Waals surface area contributed by atoms with Gasteiger partial charge in [0.25, 0.3) is 0 Å². The molecule has 0 amide bonds. The minimum Gasteiger partial charge on any atom is -0.468 e. The van der Waals surface area contributed by atoms with Gasteiger partial charge in [0.15, 0.2) is 5.65 Å². The second kappa shape index (κ2) is 5.23. The fourth-order valence-corrected chi connectivity index (χ4v) is 3.84. The minimum atomic E-state index is -0.333. The van der Waals surface area contributed by atoms with Gasteiger partial charge in [-0.1, -0.05) is 6.42 Å². The molecule has 2 atom stereocenters. The van der Waals surface area contributed by atoms with Gasteiger partial charge < -0.3 is 9.64 Å². The van der Waals surface area contributed by atoms with Crippen LogP contribution in [0.15, 0.2) is 12.5 Å². The first-order valence-corrected chi connectivity index (χ1v) is 7.74. The number of ether oxygens (including phenoxy) is 1. The summed E-state index contributed by atoms with van der Waals surface area (Å²) < 4.78 is 6.27. The zero-order valence-corrected chi connectivity index (χ0v) is 12.6. The summed E-state index contributed by atoms with van der Waals surface area (Å²) in [7, 11) is 1.37. The van der Waals surface area contributed by atoms with Crippen LogP contribution in [-0.4, -0.2) is 45.9 Å². The number of carbonyl (C=O) groups excluding carboxylic acids is 1. The number of hydrogen-bond acceptors (Lipinski definition) is 6. The van der Waals surface area contributed by atoms with E-state index in [0.717, 1.165) is 36.1 Å². The monoisotopic (exact) mass is 301 g/mol. The molecular weight excluding hydrogens is 282 g/mol. The van der Waals surface area contributed by atoms with Crippen molar-refractivity contribution >= 4 is 22.8 Å². The fourth-order valence-electron chi connectivity index (χ4n) is 3.84. The van der Waals surface area contributed by atoms with E-state index in [1.807, 2.05) is 0 Å². The highest BCUT2D eigenvalue weighted by atomic mass is 16.5. The van der Waals surface area contributed by atoms with Crippen molar-refractivity contribution in [1.82, 2.24) is 19.7 Å². The van der Waals surface area contributed by atoms with Crippen LogP contribution in [0.1, 0.15) is 19.3 Å². The Labute approximate surface area is 128 Å². The van der Waals surface area contributed by atoms with Gasteiger partial charge in [-0.2, -0.15) is 5.10 Å². The first-order valence-electron chi connectivity index (χ1n) is 7.74. The second-order valence-corrected chi connectivity index (χ2v) is 6.17. The fraction of sp³-hybridized carbons (Fsp3) is 0.600. The van der Waals surface area contributed by atoms with E-state index < -0.39 is 0 Å². The highest BCUT2D eigenvalue weighted by molar-refractivity contribution is 5.87. The first-order chi connectivity index (χ1) is 10.8. The molecule has 0 radical (unpaired) electrons. The number of esters is 1. The highest BCUT2D eigenvalue weighted by Crippen LogP contribution is 2.40. The average molecular weight is 301 g/mol. The molecule has 22 heavy (non-hydrogen) atoms. The van der Waals surface area contributed by atoms with Crippen molar-refractivity contribution in [3.05, 3.63) is 12.5 Å². The van der Waals surface area contributed by atoms with E-state index in [1.54, 1.807) is 17.2 Å². The Morgan fingerprint density at radius 1 is 1.32 bits per heavy atom. The Bertz CT molecular complexity index is 701. The lowest BCUT2D eigenvalue weighted by atomic mass is 10.0. The molecule has 2 fully saturated rings. The molecule has 0 bridgehead atoms. The minimum absolute atomic E-state index is 0.0711. The first kappa shape index (κ1) is 13.5.